The summed E-state index contributed by atoms with van der Waals surface area (Å²) >= 11 is 0. The number of hydrogen-bond donors (Lipinski definition) is 1. The molecule has 0 atom stereocenters. The molecule has 1 N–H and O–H groups in total. The van der Waals surface area contributed by atoms with Crippen molar-refractivity contribution in [1.82, 2.24) is 0 Å². The number of rotatable bonds is 4. The van der Waals surface area contributed by atoms with Gasteiger partial charge < -0.3 is 14.6 Å². The van der Waals surface area contributed by atoms with Gasteiger partial charge in [-0.15, -0.1) is 0 Å². The van der Waals surface area contributed by atoms with E-state index in [0.29, 0.717) is 28.7 Å². The van der Waals surface area contributed by atoms with E-state index in [2.05, 4.69) is 4.74 Å². The molecule has 6 heteroatoms. The number of carbonyl (C=O) groups is 1. The van der Waals surface area contributed by atoms with E-state index in [1.165, 1.54) is 25.3 Å². The fourth-order valence-electron chi connectivity index (χ4n) is 2.70. The Balaban J connectivity index is 1.93. The van der Waals surface area contributed by atoms with E-state index in [-0.39, 0.29) is 23.0 Å². The van der Waals surface area contributed by atoms with Crippen LogP contribution in [0.25, 0.3) is 6.08 Å². The number of carbonyl (C=O) groups excluding carboxylic acids is 1. The minimum absolute atomic E-state index is 0.0756. The number of allylic oxidation sites excluding steroid dienone is 1. The zero-order valence-corrected chi connectivity index (χ0v) is 12.8. The molecule has 0 saturated carbocycles. The number of phenolic OH excluding ortho intramolecular Hbond substituents is 1. The van der Waals surface area contributed by atoms with Gasteiger partial charge in [0.05, 0.1) is 7.11 Å². The van der Waals surface area contributed by atoms with Gasteiger partial charge in [0.25, 0.3) is 0 Å². The number of Topliss-reactive ketones (excluding diaryl/α,β-unsaturated/α-hetero) is 1. The lowest BCUT2D eigenvalue weighted by Crippen LogP contribution is -2.03. The molecular formula is C18H14F2O4. The molecule has 2 aromatic rings. The van der Waals surface area contributed by atoms with E-state index < -0.39 is 6.61 Å². The second-order valence-corrected chi connectivity index (χ2v) is 5.27. The number of phenols is 1. The molecule has 124 valence electrons. The van der Waals surface area contributed by atoms with Crippen molar-refractivity contribution in [3.8, 4) is 17.2 Å². The largest absolute Gasteiger partial charge is 0.508 e. The SMILES string of the molecule is COc1cc(/C=C2/Cc3c(O)cccc3C2=O)ccc1OC(F)F. The van der Waals surface area contributed by atoms with Crippen molar-refractivity contribution in [3.05, 3.63) is 58.7 Å². The van der Waals surface area contributed by atoms with E-state index in [1.54, 1.807) is 24.3 Å². The average Bonchev–Trinajstić information content (AvgIpc) is 2.86. The minimum atomic E-state index is -2.95. The van der Waals surface area contributed by atoms with Crippen molar-refractivity contribution >= 4 is 11.9 Å². The number of alkyl halides is 2. The molecular weight excluding hydrogens is 318 g/mol. The van der Waals surface area contributed by atoms with Crippen molar-refractivity contribution in [2.24, 2.45) is 0 Å². The van der Waals surface area contributed by atoms with Gasteiger partial charge in [0.2, 0.25) is 0 Å². The number of methoxy groups -OCH3 is 1. The van der Waals surface area contributed by atoms with Gasteiger partial charge in [-0.3, -0.25) is 4.79 Å². The third kappa shape index (κ3) is 2.95. The standard InChI is InChI=1S/C18H14F2O4/c1-23-16-8-10(5-6-15(16)24-18(19)20)7-11-9-13-12(17(11)22)3-2-4-14(13)21/h2-8,18,21H,9H2,1H3/b11-7-. The van der Waals surface area contributed by atoms with Crippen LogP contribution in [0.1, 0.15) is 21.5 Å². The zero-order chi connectivity index (χ0) is 17.3. The molecule has 0 spiro atoms. The molecule has 4 nitrogen and oxygen atoms in total. The highest BCUT2D eigenvalue weighted by Gasteiger charge is 2.27. The summed E-state index contributed by atoms with van der Waals surface area (Å²) in [5.41, 5.74) is 2.20. The molecule has 0 fully saturated rings. The Labute approximate surface area is 136 Å². The Morgan fingerprint density at radius 2 is 2.00 bits per heavy atom. The first-order valence-electron chi connectivity index (χ1n) is 7.18. The molecule has 24 heavy (non-hydrogen) atoms. The van der Waals surface area contributed by atoms with Crippen molar-refractivity contribution in [2.75, 3.05) is 7.11 Å². The molecule has 0 radical (unpaired) electrons. The Bertz CT molecular complexity index is 828. The first-order chi connectivity index (χ1) is 11.5. The van der Waals surface area contributed by atoms with Crippen LogP contribution in [0.5, 0.6) is 17.2 Å². The summed E-state index contributed by atoms with van der Waals surface area (Å²) in [5, 5.41) is 9.85. The maximum atomic E-state index is 12.4. The van der Waals surface area contributed by atoms with E-state index >= 15 is 0 Å². The maximum Gasteiger partial charge on any atom is 0.387 e. The van der Waals surface area contributed by atoms with Crippen LogP contribution in [0.2, 0.25) is 0 Å². The Kier molecular flexibility index (Phi) is 4.20. The summed E-state index contributed by atoms with van der Waals surface area (Å²) in [4.78, 5) is 12.4. The molecule has 0 aliphatic heterocycles. The van der Waals surface area contributed by atoms with Crippen LogP contribution in [0, 0.1) is 0 Å². The topological polar surface area (TPSA) is 55.8 Å². The van der Waals surface area contributed by atoms with Gasteiger partial charge in [0.1, 0.15) is 5.75 Å². The highest BCUT2D eigenvalue weighted by atomic mass is 19.3. The summed E-state index contributed by atoms with van der Waals surface area (Å²) in [7, 11) is 1.35. The average molecular weight is 332 g/mol. The van der Waals surface area contributed by atoms with Gasteiger partial charge in [0.15, 0.2) is 17.3 Å². The van der Waals surface area contributed by atoms with E-state index in [1.807, 2.05) is 0 Å². The predicted molar refractivity (Wildman–Crippen MR) is 83.7 cm³/mol. The van der Waals surface area contributed by atoms with Crippen molar-refractivity contribution in [1.29, 1.82) is 0 Å². The maximum absolute atomic E-state index is 12.4. The summed E-state index contributed by atoms with van der Waals surface area (Å²) in [6.45, 7) is -2.95. The molecule has 0 heterocycles. The first kappa shape index (κ1) is 16.0. The van der Waals surface area contributed by atoms with Crippen LogP contribution in [0.4, 0.5) is 8.78 Å². The van der Waals surface area contributed by atoms with E-state index in [4.69, 9.17) is 4.74 Å². The highest BCUT2D eigenvalue weighted by molar-refractivity contribution is 6.16. The monoisotopic (exact) mass is 332 g/mol. The lowest BCUT2D eigenvalue weighted by Gasteiger charge is -2.10. The van der Waals surface area contributed by atoms with Gasteiger partial charge in [-0.2, -0.15) is 8.78 Å². The number of benzene rings is 2. The Morgan fingerprint density at radius 1 is 1.21 bits per heavy atom. The van der Waals surface area contributed by atoms with Gasteiger partial charge in [-0.25, -0.2) is 0 Å². The number of ether oxygens (including phenoxy) is 2. The number of halogens is 2. The van der Waals surface area contributed by atoms with Crippen molar-refractivity contribution in [2.45, 2.75) is 13.0 Å². The molecule has 0 bridgehead atoms. The molecule has 1 aliphatic rings. The lowest BCUT2D eigenvalue weighted by atomic mass is 10.1. The molecule has 1 aliphatic carbocycles. The van der Waals surface area contributed by atoms with Crippen LogP contribution in [0.15, 0.2) is 42.0 Å². The predicted octanol–water partition coefficient (Wildman–Crippen LogP) is 3.82. The highest BCUT2D eigenvalue weighted by Crippen LogP contribution is 2.35. The van der Waals surface area contributed by atoms with E-state index in [0.717, 1.165) is 0 Å². The van der Waals surface area contributed by atoms with Gasteiger partial charge in [-0.1, -0.05) is 18.2 Å². The van der Waals surface area contributed by atoms with Crippen LogP contribution in [-0.4, -0.2) is 24.6 Å². The molecule has 0 amide bonds. The van der Waals surface area contributed by atoms with Gasteiger partial charge in [-0.05, 0) is 29.8 Å². The van der Waals surface area contributed by atoms with Crippen LogP contribution in [0.3, 0.4) is 0 Å². The summed E-state index contributed by atoms with van der Waals surface area (Å²) in [5.74, 6) is -0.000859. The number of ketones is 1. The molecule has 3 rings (SSSR count). The number of hydrogen-bond acceptors (Lipinski definition) is 4. The zero-order valence-electron chi connectivity index (χ0n) is 12.8. The second kappa shape index (κ2) is 6.31. The third-order valence-corrected chi connectivity index (χ3v) is 3.80. The van der Waals surface area contributed by atoms with Crippen molar-refractivity contribution < 1.29 is 28.2 Å². The summed E-state index contributed by atoms with van der Waals surface area (Å²) in [6.07, 6.45) is 1.97. The fourth-order valence-corrected chi connectivity index (χ4v) is 2.70. The number of fused-ring (bicyclic) bond motifs is 1. The second-order valence-electron chi connectivity index (χ2n) is 5.27. The number of aromatic hydroxyl groups is 1. The minimum Gasteiger partial charge on any atom is -0.508 e. The van der Waals surface area contributed by atoms with Crippen LogP contribution in [-0.2, 0) is 6.42 Å². The quantitative estimate of drug-likeness (QED) is 0.865. The Morgan fingerprint density at radius 3 is 2.67 bits per heavy atom. The van der Waals surface area contributed by atoms with Gasteiger partial charge >= 0.3 is 6.61 Å². The summed E-state index contributed by atoms with van der Waals surface area (Å²) in [6, 6.07) is 9.26. The molecule has 0 unspecified atom stereocenters. The normalized spacial score (nSPS) is 15.0. The van der Waals surface area contributed by atoms with Crippen LogP contribution < -0.4 is 9.47 Å². The van der Waals surface area contributed by atoms with Gasteiger partial charge in [0, 0.05) is 23.1 Å². The first-order valence-corrected chi connectivity index (χ1v) is 7.18. The fraction of sp³-hybridized carbons (Fsp3) is 0.167. The third-order valence-electron chi connectivity index (χ3n) is 3.80. The lowest BCUT2D eigenvalue weighted by molar-refractivity contribution is -0.0512. The molecule has 0 saturated heterocycles. The molecule has 2 aromatic carbocycles. The smallest absolute Gasteiger partial charge is 0.387 e. The van der Waals surface area contributed by atoms with E-state index in [9.17, 15) is 18.7 Å². The Hall–Kier alpha value is -2.89. The summed E-state index contributed by atoms with van der Waals surface area (Å²) < 4.78 is 34.1. The van der Waals surface area contributed by atoms with Crippen molar-refractivity contribution in [3.63, 3.8) is 0 Å². The van der Waals surface area contributed by atoms with Crippen LogP contribution >= 0.6 is 0 Å². The molecule has 0 aromatic heterocycles.